The molecule has 0 unspecified atom stereocenters. The smallest absolute Gasteiger partial charge is 0.328 e. The summed E-state index contributed by atoms with van der Waals surface area (Å²) >= 11 is 0. The first-order valence-corrected chi connectivity index (χ1v) is 3.99. The highest BCUT2D eigenvalue weighted by atomic mass is 16.4. The minimum absolute atomic E-state index is 0.161. The van der Waals surface area contributed by atoms with Crippen LogP contribution in [0.25, 0.3) is 0 Å². The molecule has 4 heteroatoms. The Kier molecular flexibility index (Phi) is 3.25. The minimum Gasteiger partial charge on any atom is -0.478 e. The third-order valence-corrected chi connectivity index (χ3v) is 1.90. The van der Waals surface area contributed by atoms with Gasteiger partial charge in [0, 0.05) is 18.7 Å². The fourth-order valence-electron chi connectivity index (χ4n) is 1.15. The van der Waals surface area contributed by atoms with Crippen LogP contribution in [0.2, 0.25) is 0 Å². The third kappa shape index (κ3) is 3.02. The average Bonchev–Trinajstić information content (AvgIpc) is 1.93. The van der Waals surface area contributed by atoms with E-state index in [0.717, 1.165) is 18.9 Å². The number of carboxylic acid groups (broad SMARTS) is 1. The molecule has 1 saturated carbocycles. The van der Waals surface area contributed by atoms with Gasteiger partial charge < -0.3 is 15.5 Å². The summed E-state index contributed by atoms with van der Waals surface area (Å²) in [6, 6.07) is 0.360. The van der Waals surface area contributed by atoms with Crippen LogP contribution in [0.5, 0.6) is 0 Å². The van der Waals surface area contributed by atoms with E-state index in [1.165, 1.54) is 0 Å². The summed E-state index contributed by atoms with van der Waals surface area (Å²) in [5.74, 6) is -0.926. The first-order valence-electron chi connectivity index (χ1n) is 3.99. The first kappa shape index (κ1) is 9.22. The summed E-state index contributed by atoms with van der Waals surface area (Å²) in [4.78, 5) is 10.0. The number of aliphatic carboxylic acids is 1. The summed E-state index contributed by atoms with van der Waals surface area (Å²) in [6.07, 6.45) is 4.07. The SMILES string of the molecule is O=C(O)/C=C/CNC1CC(O)C1. The predicted octanol–water partition coefficient (Wildman–Crippen LogP) is -0.260. The van der Waals surface area contributed by atoms with Crippen LogP contribution in [0.4, 0.5) is 0 Å². The van der Waals surface area contributed by atoms with Crippen LogP contribution in [0.3, 0.4) is 0 Å². The molecule has 0 spiro atoms. The van der Waals surface area contributed by atoms with E-state index in [4.69, 9.17) is 10.2 Å². The van der Waals surface area contributed by atoms with E-state index < -0.39 is 5.97 Å². The van der Waals surface area contributed by atoms with Crippen LogP contribution in [0.1, 0.15) is 12.8 Å². The highest BCUT2D eigenvalue weighted by Gasteiger charge is 2.25. The Morgan fingerprint density at radius 2 is 2.25 bits per heavy atom. The highest BCUT2D eigenvalue weighted by molar-refractivity contribution is 5.79. The second kappa shape index (κ2) is 4.23. The van der Waals surface area contributed by atoms with Crippen molar-refractivity contribution in [1.29, 1.82) is 0 Å². The molecule has 0 aromatic carbocycles. The molecule has 0 radical (unpaired) electrons. The molecule has 1 aliphatic carbocycles. The molecule has 0 aromatic heterocycles. The molecular formula is C8H13NO3. The van der Waals surface area contributed by atoms with Gasteiger partial charge in [-0.25, -0.2) is 4.79 Å². The number of aliphatic hydroxyl groups is 1. The Hall–Kier alpha value is -0.870. The molecule has 1 aliphatic rings. The van der Waals surface area contributed by atoms with Gasteiger partial charge >= 0.3 is 5.97 Å². The van der Waals surface area contributed by atoms with Gasteiger partial charge in [-0.3, -0.25) is 0 Å². The Bertz CT molecular complexity index is 185. The van der Waals surface area contributed by atoms with Gasteiger partial charge in [-0.1, -0.05) is 6.08 Å². The molecule has 0 aromatic rings. The zero-order chi connectivity index (χ0) is 8.97. The van der Waals surface area contributed by atoms with Gasteiger partial charge in [0.2, 0.25) is 0 Å². The first-order chi connectivity index (χ1) is 5.68. The summed E-state index contributed by atoms with van der Waals surface area (Å²) in [7, 11) is 0. The van der Waals surface area contributed by atoms with Gasteiger partial charge in [0.1, 0.15) is 0 Å². The highest BCUT2D eigenvalue weighted by Crippen LogP contribution is 2.18. The summed E-state index contributed by atoms with van der Waals surface area (Å²) in [5, 5.41) is 20.2. The van der Waals surface area contributed by atoms with Gasteiger partial charge in [0.15, 0.2) is 0 Å². The van der Waals surface area contributed by atoms with E-state index in [1.54, 1.807) is 6.08 Å². The van der Waals surface area contributed by atoms with Crippen molar-refractivity contribution in [3.05, 3.63) is 12.2 Å². The normalized spacial score (nSPS) is 28.8. The molecule has 0 bridgehead atoms. The van der Waals surface area contributed by atoms with Crippen LogP contribution in [-0.2, 0) is 4.79 Å². The van der Waals surface area contributed by atoms with Crippen LogP contribution < -0.4 is 5.32 Å². The predicted molar refractivity (Wildman–Crippen MR) is 43.8 cm³/mol. The van der Waals surface area contributed by atoms with E-state index in [9.17, 15) is 4.79 Å². The van der Waals surface area contributed by atoms with E-state index in [1.807, 2.05) is 0 Å². The fourth-order valence-corrected chi connectivity index (χ4v) is 1.15. The van der Waals surface area contributed by atoms with E-state index in [2.05, 4.69) is 5.32 Å². The quantitative estimate of drug-likeness (QED) is 0.510. The summed E-state index contributed by atoms with van der Waals surface area (Å²) in [5.41, 5.74) is 0. The Morgan fingerprint density at radius 3 is 2.75 bits per heavy atom. The number of hydrogen-bond donors (Lipinski definition) is 3. The average molecular weight is 171 g/mol. The van der Waals surface area contributed by atoms with Crippen molar-refractivity contribution in [1.82, 2.24) is 5.32 Å². The number of hydrogen-bond acceptors (Lipinski definition) is 3. The van der Waals surface area contributed by atoms with Crippen LogP contribution in [-0.4, -0.2) is 34.9 Å². The van der Waals surface area contributed by atoms with Crippen molar-refractivity contribution in [2.45, 2.75) is 25.0 Å². The molecule has 0 aliphatic heterocycles. The summed E-state index contributed by atoms with van der Waals surface area (Å²) in [6.45, 7) is 0.559. The second-order valence-corrected chi connectivity index (χ2v) is 2.97. The molecule has 1 fully saturated rings. The van der Waals surface area contributed by atoms with Gasteiger partial charge in [-0.2, -0.15) is 0 Å². The topological polar surface area (TPSA) is 69.6 Å². The van der Waals surface area contributed by atoms with Crippen molar-refractivity contribution >= 4 is 5.97 Å². The van der Waals surface area contributed by atoms with Gasteiger partial charge in [-0.05, 0) is 12.8 Å². The zero-order valence-corrected chi connectivity index (χ0v) is 6.73. The van der Waals surface area contributed by atoms with Crippen LogP contribution in [0, 0.1) is 0 Å². The zero-order valence-electron chi connectivity index (χ0n) is 6.73. The lowest BCUT2D eigenvalue weighted by Crippen LogP contribution is -2.44. The Labute approximate surface area is 70.9 Å². The maximum absolute atomic E-state index is 10.0. The Balaban J connectivity index is 2.00. The molecule has 0 heterocycles. The van der Waals surface area contributed by atoms with Crippen LogP contribution >= 0.6 is 0 Å². The molecule has 3 N–H and O–H groups in total. The number of carboxylic acids is 1. The van der Waals surface area contributed by atoms with Crippen molar-refractivity contribution in [3.63, 3.8) is 0 Å². The molecule has 0 saturated heterocycles. The third-order valence-electron chi connectivity index (χ3n) is 1.90. The lowest BCUT2D eigenvalue weighted by atomic mass is 9.90. The largest absolute Gasteiger partial charge is 0.478 e. The summed E-state index contributed by atoms with van der Waals surface area (Å²) < 4.78 is 0. The van der Waals surface area contributed by atoms with Gasteiger partial charge in [0.25, 0.3) is 0 Å². The number of aliphatic hydroxyl groups excluding tert-OH is 1. The fraction of sp³-hybridized carbons (Fsp3) is 0.625. The number of carbonyl (C=O) groups is 1. The maximum atomic E-state index is 10.0. The molecular weight excluding hydrogens is 158 g/mol. The molecule has 12 heavy (non-hydrogen) atoms. The molecule has 4 nitrogen and oxygen atoms in total. The van der Waals surface area contributed by atoms with E-state index in [0.29, 0.717) is 12.6 Å². The van der Waals surface area contributed by atoms with E-state index >= 15 is 0 Å². The van der Waals surface area contributed by atoms with E-state index in [-0.39, 0.29) is 6.10 Å². The molecule has 1 rings (SSSR count). The number of nitrogens with one attached hydrogen (secondary N) is 1. The van der Waals surface area contributed by atoms with Gasteiger partial charge in [0.05, 0.1) is 6.10 Å². The standard InChI is InChI=1S/C8H13NO3/c10-7-4-6(5-7)9-3-1-2-8(11)12/h1-2,6-7,9-10H,3-5H2,(H,11,12)/b2-1+. The molecule has 0 amide bonds. The monoisotopic (exact) mass is 171 g/mol. The van der Waals surface area contributed by atoms with Crippen molar-refractivity contribution < 1.29 is 15.0 Å². The van der Waals surface area contributed by atoms with Crippen molar-refractivity contribution in [2.24, 2.45) is 0 Å². The lowest BCUT2D eigenvalue weighted by Gasteiger charge is -2.31. The van der Waals surface area contributed by atoms with Crippen LogP contribution in [0.15, 0.2) is 12.2 Å². The molecule has 68 valence electrons. The second-order valence-electron chi connectivity index (χ2n) is 2.97. The maximum Gasteiger partial charge on any atom is 0.328 e. The number of rotatable bonds is 4. The molecule has 0 atom stereocenters. The lowest BCUT2D eigenvalue weighted by molar-refractivity contribution is -0.131. The van der Waals surface area contributed by atoms with Crippen molar-refractivity contribution in [3.8, 4) is 0 Å². The van der Waals surface area contributed by atoms with Crippen molar-refractivity contribution in [2.75, 3.05) is 6.54 Å². The Morgan fingerprint density at radius 1 is 1.58 bits per heavy atom. The van der Waals surface area contributed by atoms with Gasteiger partial charge in [-0.15, -0.1) is 0 Å². The minimum atomic E-state index is -0.926.